The molecule has 1 amide bonds. The summed E-state index contributed by atoms with van der Waals surface area (Å²) < 4.78 is 16.2. The van der Waals surface area contributed by atoms with E-state index in [1.807, 2.05) is 31.2 Å². The first-order valence-corrected chi connectivity index (χ1v) is 7.83. The first-order chi connectivity index (χ1) is 10.7. The summed E-state index contributed by atoms with van der Waals surface area (Å²) >= 11 is 0. The third kappa shape index (κ3) is 4.63. The Morgan fingerprint density at radius 1 is 1.32 bits per heavy atom. The Kier molecular flexibility index (Phi) is 6.52. The summed E-state index contributed by atoms with van der Waals surface area (Å²) in [5.41, 5.74) is 0. The number of para-hydroxylation sites is 2. The van der Waals surface area contributed by atoms with Crippen LogP contribution in [0.25, 0.3) is 0 Å². The first-order valence-electron chi connectivity index (χ1n) is 7.83. The molecule has 2 rings (SSSR count). The monoisotopic (exact) mass is 307 g/mol. The van der Waals surface area contributed by atoms with E-state index < -0.39 is 0 Å². The predicted molar refractivity (Wildman–Crippen MR) is 84.2 cm³/mol. The highest BCUT2D eigenvalue weighted by Crippen LogP contribution is 2.25. The van der Waals surface area contributed by atoms with Crippen molar-refractivity contribution < 1.29 is 19.0 Å². The van der Waals surface area contributed by atoms with Gasteiger partial charge >= 0.3 is 0 Å². The van der Waals surface area contributed by atoms with E-state index in [0.29, 0.717) is 30.6 Å². The SMILES string of the molecule is COc1ccccc1OCCNC(=O)C(C)C1CCOCC1. The number of benzene rings is 1. The lowest BCUT2D eigenvalue weighted by molar-refractivity contribution is -0.127. The summed E-state index contributed by atoms with van der Waals surface area (Å²) in [6.07, 6.45) is 1.93. The van der Waals surface area contributed by atoms with Crippen LogP contribution in [0.4, 0.5) is 0 Å². The highest BCUT2D eigenvalue weighted by Gasteiger charge is 2.25. The average molecular weight is 307 g/mol. The highest BCUT2D eigenvalue weighted by atomic mass is 16.5. The summed E-state index contributed by atoms with van der Waals surface area (Å²) in [7, 11) is 1.61. The minimum atomic E-state index is 0.0233. The number of carbonyl (C=O) groups is 1. The van der Waals surface area contributed by atoms with Gasteiger partial charge in [-0.1, -0.05) is 19.1 Å². The van der Waals surface area contributed by atoms with Crippen LogP contribution in [0.1, 0.15) is 19.8 Å². The van der Waals surface area contributed by atoms with E-state index in [0.717, 1.165) is 26.1 Å². The number of ether oxygens (including phenoxy) is 3. The molecule has 1 N–H and O–H groups in total. The second kappa shape index (κ2) is 8.63. The topological polar surface area (TPSA) is 56.8 Å². The van der Waals surface area contributed by atoms with Gasteiger partial charge in [0.25, 0.3) is 0 Å². The molecule has 0 radical (unpaired) electrons. The maximum Gasteiger partial charge on any atom is 0.223 e. The van der Waals surface area contributed by atoms with Crippen molar-refractivity contribution in [3.05, 3.63) is 24.3 Å². The van der Waals surface area contributed by atoms with Crippen LogP contribution >= 0.6 is 0 Å². The van der Waals surface area contributed by atoms with Gasteiger partial charge in [0.1, 0.15) is 6.61 Å². The van der Waals surface area contributed by atoms with Crippen molar-refractivity contribution in [2.24, 2.45) is 11.8 Å². The summed E-state index contributed by atoms with van der Waals surface area (Å²) in [6, 6.07) is 7.49. The Labute approximate surface area is 131 Å². The molecule has 1 saturated heterocycles. The van der Waals surface area contributed by atoms with Crippen LogP contribution in [0.2, 0.25) is 0 Å². The molecule has 5 heteroatoms. The van der Waals surface area contributed by atoms with Crippen molar-refractivity contribution in [2.75, 3.05) is 33.5 Å². The molecule has 5 nitrogen and oxygen atoms in total. The molecule has 1 aromatic rings. The van der Waals surface area contributed by atoms with Gasteiger partial charge in [-0.25, -0.2) is 0 Å². The average Bonchev–Trinajstić information content (AvgIpc) is 2.59. The Balaban J connectivity index is 1.70. The Hall–Kier alpha value is -1.75. The standard InChI is InChI=1S/C17H25NO4/c1-13(14-7-10-21-11-8-14)17(19)18-9-12-22-16-6-4-3-5-15(16)20-2/h3-6,13-14H,7-12H2,1-2H3,(H,18,19). The number of amides is 1. The third-order valence-corrected chi connectivity index (χ3v) is 4.11. The molecule has 1 aromatic carbocycles. The van der Waals surface area contributed by atoms with Crippen LogP contribution in [0.5, 0.6) is 11.5 Å². The molecular weight excluding hydrogens is 282 g/mol. The third-order valence-electron chi connectivity index (χ3n) is 4.11. The van der Waals surface area contributed by atoms with Crippen molar-refractivity contribution in [3.63, 3.8) is 0 Å². The fourth-order valence-corrected chi connectivity index (χ4v) is 2.66. The zero-order valence-electron chi connectivity index (χ0n) is 13.3. The van der Waals surface area contributed by atoms with E-state index in [4.69, 9.17) is 14.2 Å². The molecule has 1 fully saturated rings. The van der Waals surface area contributed by atoms with Crippen LogP contribution in [0.15, 0.2) is 24.3 Å². The fraction of sp³-hybridized carbons (Fsp3) is 0.588. The van der Waals surface area contributed by atoms with Gasteiger partial charge < -0.3 is 19.5 Å². The van der Waals surface area contributed by atoms with Crippen LogP contribution in [0, 0.1) is 11.8 Å². The second-order valence-corrected chi connectivity index (χ2v) is 5.53. The number of methoxy groups -OCH3 is 1. The van der Waals surface area contributed by atoms with E-state index in [1.165, 1.54) is 0 Å². The number of carbonyl (C=O) groups excluding carboxylic acids is 1. The maximum atomic E-state index is 12.1. The molecule has 122 valence electrons. The minimum Gasteiger partial charge on any atom is -0.493 e. The molecule has 1 atom stereocenters. The number of hydrogen-bond acceptors (Lipinski definition) is 4. The normalized spacial score (nSPS) is 16.8. The molecule has 22 heavy (non-hydrogen) atoms. The van der Waals surface area contributed by atoms with Gasteiger partial charge in [0.15, 0.2) is 11.5 Å². The van der Waals surface area contributed by atoms with Crippen LogP contribution in [-0.2, 0) is 9.53 Å². The van der Waals surface area contributed by atoms with Crippen molar-refractivity contribution in [3.8, 4) is 11.5 Å². The van der Waals surface area contributed by atoms with Crippen LogP contribution < -0.4 is 14.8 Å². The maximum absolute atomic E-state index is 12.1. The molecule has 0 aliphatic carbocycles. The van der Waals surface area contributed by atoms with Crippen LogP contribution in [-0.4, -0.2) is 39.4 Å². The zero-order valence-corrected chi connectivity index (χ0v) is 13.3. The van der Waals surface area contributed by atoms with Crippen molar-refractivity contribution in [1.29, 1.82) is 0 Å². The van der Waals surface area contributed by atoms with Gasteiger partial charge in [-0.05, 0) is 30.9 Å². The minimum absolute atomic E-state index is 0.0233. The van der Waals surface area contributed by atoms with Crippen molar-refractivity contribution >= 4 is 5.91 Å². The van der Waals surface area contributed by atoms with Gasteiger partial charge in [-0.15, -0.1) is 0 Å². The largest absolute Gasteiger partial charge is 0.493 e. The van der Waals surface area contributed by atoms with Gasteiger partial charge in [0.05, 0.1) is 13.7 Å². The molecule has 1 aliphatic heterocycles. The molecule has 0 bridgehead atoms. The number of nitrogens with one attached hydrogen (secondary N) is 1. The zero-order chi connectivity index (χ0) is 15.8. The molecule has 1 aliphatic rings. The molecule has 1 unspecified atom stereocenters. The second-order valence-electron chi connectivity index (χ2n) is 5.53. The van der Waals surface area contributed by atoms with Crippen LogP contribution in [0.3, 0.4) is 0 Å². The van der Waals surface area contributed by atoms with E-state index >= 15 is 0 Å². The summed E-state index contributed by atoms with van der Waals surface area (Å²) in [6.45, 7) is 4.43. The molecule has 0 spiro atoms. The lowest BCUT2D eigenvalue weighted by atomic mass is 9.87. The fourth-order valence-electron chi connectivity index (χ4n) is 2.66. The summed E-state index contributed by atoms with van der Waals surface area (Å²) in [5.74, 6) is 1.93. The Morgan fingerprint density at radius 2 is 2.00 bits per heavy atom. The highest BCUT2D eigenvalue weighted by molar-refractivity contribution is 5.78. The molecule has 0 saturated carbocycles. The summed E-state index contributed by atoms with van der Waals surface area (Å²) in [5, 5.41) is 2.94. The smallest absolute Gasteiger partial charge is 0.223 e. The van der Waals surface area contributed by atoms with Crippen molar-refractivity contribution in [1.82, 2.24) is 5.32 Å². The van der Waals surface area contributed by atoms with E-state index in [-0.39, 0.29) is 11.8 Å². The lowest BCUT2D eigenvalue weighted by Crippen LogP contribution is -2.37. The van der Waals surface area contributed by atoms with E-state index in [2.05, 4.69) is 5.32 Å². The Bertz CT molecular complexity index is 471. The number of rotatable bonds is 7. The number of hydrogen-bond donors (Lipinski definition) is 1. The van der Waals surface area contributed by atoms with Gasteiger partial charge in [-0.2, -0.15) is 0 Å². The predicted octanol–water partition coefficient (Wildman–Crippen LogP) is 2.25. The van der Waals surface area contributed by atoms with E-state index in [9.17, 15) is 4.79 Å². The van der Waals surface area contributed by atoms with Crippen molar-refractivity contribution in [2.45, 2.75) is 19.8 Å². The molecule has 1 heterocycles. The summed E-state index contributed by atoms with van der Waals surface area (Å²) in [4.78, 5) is 12.1. The van der Waals surface area contributed by atoms with Gasteiger partial charge in [0.2, 0.25) is 5.91 Å². The first kappa shape index (κ1) is 16.6. The van der Waals surface area contributed by atoms with E-state index in [1.54, 1.807) is 7.11 Å². The Morgan fingerprint density at radius 3 is 2.68 bits per heavy atom. The molecule has 0 aromatic heterocycles. The quantitative estimate of drug-likeness (QED) is 0.785. The molecular formula is C17H25NO4. The lowest BCUT2D eigenvalue weighted by Gasteiger charge is -2.26. The van der Waals surface area contributed by atoms with Gasteiger partial charge in [0, 0.05) is 19.1 Å². The van der Waals surface area contributed by atoms with Gasteiger partial charge in [-0.3, -0.25) is 4.79 Å².